The molecule has 0 saturated carbocycles. The predicted molar refractivity (Wildman–Crippen MR) is 71.4 cm³/mol. The summed E-state index contributed by atoms with van der Waals surface area (Å²) in [6, 6.07) is -1.29. The van der Waals surface area contributed by atoms with E-state index in [-0.39, 0.29) is 5.92 Å². The lowest BCUT2D eigenvalue weighted by Gasteiger charge is -2.25. The zero-order valence-corrected chi connectivity index (χ0v) is 11.1. The van der Waals surface area contributed by atoms with E-state index in [2.05, 4.69) is 18.5 Å². The van der Waals surface area contributed by atoms with Gasteiger partial charge < -0.3 is 15.3 Å². The van der Waals surface area contributed by atoms with Gasteiger partial charge in [0.25, 0.3) is 0 Å². The molecular formula is C13H22N2O3. The van der Waals surface area contributed by atoms with Gasteiger partial charge in [-0.1, -0.05) is 32.4 Å². The first-order chi connectivity index (χ1) is 8.47. The van der Waals surface area contributed by atoms with Crippen molar-refractivity contribution >= 4 is 12.0 Å². The molecule has 0 aromatic carbocycles. The summed E-state index contributed by atoms with van der Waals surface area (Å²) in [5.74, 6) is -1.14. The number of carboxylic acids is 1. The van der Waals surface area contributed by atoms with Crippen molar-refractivity contribution in [3.05, 3.63) is 25.3 Å². The van der Waals surface area contributed by atoms with Gasteiger partial charge in [0.1, 0.15) is 6.04 Å². The molecule has 0 aliphatic rings. The van der Waals surface area contributed by atoms with Crippen molar-refractivity contribution in [2.45, 2.75) is 26.3 Å². The number of carbonyl (C=O) groups excluding carboxylic acids is 1. The molecule has 0 aliphatic heterocycles. The van der Waals surface area contributed by atoms with Crippen LogP contribution in [0.4, 0.5) is 4.79 Å². The molecule has 5 heteroatoms. The molecule has 5 nitrogen and oxygen atoms in total. The van der Waals surface area contributed by atoms with Gasteiger partial charge in [-0.25, -0.2) is 9.59 Å². The smallest absolute Gasteiger partial charge is 0.326 e. The summed E-state index contributed by atoms with van der Waals surface area (Å²) in [7, 11) is 0. The maximum atomic E-state index is 11.9. The van der Waals surface area contributed by atoms with E-state index in [1.165, 1.54) is 4.90 Å². The average Bonchev–Trinajstić information content (AvgIpc) is 2.34. The monoisotopic (exact) mass is 254 g/mol. The third-order valence-electron chi connectivity index (χ3n) is 2.74. The third-order valence-corrected chi connectivity index (χ3v) is 2.74. The third kappa shape index (κ3) is 5.03. The molecule has 0 rings (SSSR count). The quantitative estimate of drug-likeness (QED) is 0.650. The van der Waals surface area contributed by atoms with Crippen LogP contribution >= 0.6 is 0 Å². The van der Waals surface area contributed by atoms with E-state index in [1.807, 2.05) is 6.92 Å². The van der Waals surface area contributed by atoms with Crippen LogP contribution in [0.25, 0.3) is 0 Å². The number of nitrogens with one attached hydrogen (secondary N) is 1. The second kappa shape index (κ2) is 8.33. The lowest BCUT2D eigenvalue weighted by Crippen LogP contribution is -2.50. The van der Waals surface area contributed by atoms with Crippen LogP contribution in [0, 0.1) is 5.92 Å². The number of hydrogen-bond donors (Lipinski definition) is 2. The second-order valence-electron chi connectivity index (χ2n) is 4.13. The van der Waals surface area contributed by atoms with Crippen molar-refractivity contribution in [1.29, 1.82) is 0 Å². The van der Waals surface area contributed by atoms with Crippen LogP contribution in [0.2, 0.25) is 0 Å². The largest absolute Gasteiger partial charge is 0.480 e. The van der Waals surface area contributed by atoms with Crippen LogP contribution in [0.5, 0.6) is 0 Å². The first kappa shape index (κ1) is 16.2. The highest BCUT2D eigenvalue weighted by Crippen LogP contribution is 2.08. The Morgan fingerprint density at radius 1 is 1.33 bits per heavy atom. The van der Waals surface area contributed by atoms with Gasteiger partial charge in [0.2, 0.25) is 0 Å². The Labute approximate surface area is 108 Å². The molecule has 0 saturated heterocycles. The van der Waals surface area contributed by atoms with E-state index in [4.69, 9.17) is 5.11 Å². The molecule has 2 amide bonds. The van der Waals surface area contributed by atoms with Crippen LogP contribution in [0.3, 0.4) is 0 Å². The highest BCUT2D eigenvalue weighted by Gasteiger charge is 2.26. The summed E-state index contributed by atoms with van der Waals surface area (Å²) in [6.45, 7) is 11.5. The highest BCUT2D eigenvalue weighted by atomic mass is 16.4. The number of rotatable bonds is 8. The number of carboxylic acid groups (broad SMARTS) is 1. The van der Waals surface area contributed by atoms with Crippen molar-refractivity contribution in [2.24, 2.45) is 5.92 Å². The van der Waals surface area contributed by atoms with E-state index in [9.17, 15) is 9.59 Å². The van der Waals surface area contributed by atoms with E-state index >= 15 is 0 Å². The lowest BCUT2D eigenvalue weighted by atomic mass is 9.99. The predicted octanol–water partition coefficient (Wildman–Crippen LogP) is 1.87. The van der Waals surface area contributed by atoms with Crippen LogP contribution in [0.15, 0.2) is 25.3 Å². The molecule has 0 aromatic heterocycles. The van der Waals surface area contributed by atoms with Crippen molar-refractivity contribution in [3.63, 3.8) is 0 Å². The molecule has 0 aliphatic carbocycles. The maximum absolute atomic E-state index is 11.9. The summed E-state index contributed by atoms with van der Waals surface area (Å²) in [5, 5.41) is 11.6. The average molecular weight is 254 g/mol. The molecular weight excluding hydrogens is 232 g/mol. The molecule has 0 spiro atoms. The Bertz CT molecular complexity index is 305. The molecule has 18 heavy (non-hydrogen) atoms. The Hall–Kier alpha value is -1.78. The Morgan fingerprint density at radius 3 is 2.17 bits per heavy atom. The molecule has 102 valence electrons. The Balaban J connectivity index is 4.69. The number of carbonyl (C=O) groups is 2. The minimum atomic E-state index is -1.02. The van der Waals surface area contributed by atoms with Crippen molar-refractivity contribution < 1.29 is 14.7 Å². The fraction of sp³-hybridized carbons (Fsp3) is 0.538. The highest BCUT2D eigenvalue weighted by molar-refractivity contribution is 5.82. The summed E-state index contributed by atoms with van der Waals surface area (Å²) in [6.07, 6.45) is 3.85. The minimum absolute atomic E-state index is 0.124. The molecule has 2 atom stereocenters. The molecule has 0 unspecified atom stereocenters. The zero-order valence-electron chi connectivity index (χ0n) is 11.1. The normalized spacial score (nSPS) is 13.2. The van der Waals surface area contributed by atoms with Gasteiger partial charge in [-0.3, -0.25) is 0 Å². The summed E-state index contributed by atoms with van der Waals surface area (Å²) in [4.78, 5) is 24.5. The standard InChI is InChI=1S/C13H22N2O3/c1-5-8-15(9-6-2)13(18)14-11(12(16)17)10(4)7-3/h5-6,10-11H,1-2,7-9H2,3-4H3,(H,14,18)(H,16,17)/t10-,11-/m0/s1. The summed E-state index contributed by atoms with van der Waals surface area (Å²) >= 11 is 0. The fourth-order valence-electron chi connectivity index (χ4n) is 1.46. The van der Waals surface area contributed by atoms with Gasteiger partial charge in [0, 0.05) is 13.1 Å². The molecule has 0 bridgehead atoms. The lowest BCUT2D eigenvalue weighted by molar-refractivity contribution is -0.140. The molecule has 0 fully saturated rings. The van der Waals surface area contributed by atoms with Crippen LogP contribution in [0.1, 0.15) is 20.3 Å². The van der Waals surface area contributed by atoms with E-state index in [0.717, 1.165) is 0 Å². The van der Waals surface area contributed by atoms with Crippen LogP contribution in [-0.4, -0.2) is 41.1 Å². The molecule has 0 radical (unpaired) electrons. The van der Waals surface area contributed by atoms with Crippen molar-refractivity contribution in [1.82, 2.24) is 10.2 Å². The number of aliphatic carboxylic acids is 1. The van der Waals surface area contributed by atoms with E-state index < -0.39 is 18.0 Å². The number of hydrogen-bond acceptors (Lipinski definition) is 2. The first-order valence-corrected chi connectivity index (χ1v) is 5.97. The number of nitrogens with zero attached hydrogens (tertiary/aromatic N) is 1. The van der Waals surface area contributed by atoms with E-state index in [1.54, 1.807) is 19.1 Å². The fourth-order valence-corrected chi connectivity index (χ4v) is 1.46. The van der Waals surface area contributed by atoms with Gasteiger partial charge in [-0.15, -0.1) is 13.2 Å². The van der Waals surface area contributed by atoms with Gasteiger partial charge in [0.05, 0.1) is 0 Å². The minimum Gasteiger partial charge on any atom is -0.480 e. The second-order valence-corrected chi connectivity index (χ2v) is 4.13. The van der Waals surface area contributed by atoms with E-state index in [0.29, 0.717) is 19.5 Å². The molecule has 0 aromatic rings. The van der Waals surface area contributed by atoms with Gasteiger partial charge in [-0.05, 0) is 5.92 Å². The number of urea groups is 1. The van der Waals surface area contributed by atoms with Crippen LogP contribution in [-0.2, 0) is 4.79 Å². The van der Waals surface area contributed by atoms with Crippen molar-refractivity contribution in [3.8, 4) is 0 Å². The van der Waals surface area contributed by atoms with Gasteiger partial charge in [-0.2, -0.15) is 0 Å². The number of amides is 2. The van der Waals surface area contributed by atoms with Crippen LogP contribution < -0.4 is 5.32 Å². The Kier molecular flexibility index (Phi) is 7.51. The Morgan fingerprint density at radius 2 is 1.83 bits per heavy atom. The van der Waals surface area contributed by atoms with Gasteiger partial charge >= 0.3 is 12.0 Å². The SMILES string of the molecule is C=CCN(CC=C)C(=O)N[C@H](C(=O)O)[C@@H](C)CC. The topological polar surface area (TPSA) is 69.6 Å². The van der Waals surface area contributed by atoms with Crippen molar-refractivity contribution in [2.75, 3.05) is 13.1 Å². The molecule has 2 N–H and O–H groups in total. The first-order valence-electron chi connectivity index (χ1n) is 5.97. The van der Waals surface area contributed by atoms with Gasteiger partial charge in [0.15, 0.2) is 0 Å². The summed E-state index contributed by atoms with van der Waals surface area (Å²) < 4.78 is 0. The zero-order chi connectivity index (χ0) is 14.1. The maximum Gasteiger partial charge on any atom is 0.326 e. The molecule has 0 heterocycles. The summed E-state index contributed by atoms with van der Waals surface area (Å²) in [5.41, 5.74) is 0.